The first kappa shape index (κ1) is 10.7. The van der Waals surface area contributed by atoms with Gasteiger partial charge >= 0.3 is 0 Å². The highest BCUT2D eigenvalue weighted by molar-refractivity contribution is 5.78. The van der Waals surface area contributed by atoms with E-state index in [1.165, 1.54) is 0 Å². The van der Waals surface area contributed by atoms with Gasteiger partial charge in [0.05, 0.1) is 18.2 Å². The molecule has 3 rings (SSSR count). The maximum Gasteiger partial charge on any atom is 0.197 e. The summed E-state index contributed by atoms with van der Waals surface area (Å²) in [5.41, 5.74) is 11.0. The number of nitrogens with zero attached hydrogens (tertiary/aromatic N) is 3. The van der Waals surface area contributed by atoms with Crippen molar-refractivity contribution in [2.45, 2.75) is 13.3 Å². The molecule has 90 valence electrons. The third-order valence-corrected chi connectivity index (χ3v) is 2.99. The number of rotatable bonds is 2. The number of aromatic amines is 1. The van der Waals surface area contributed by atoms with Crippen LogP contribution >= 0.6 is 0 Å². The molecular formula is C13H13N5. The summed E-state index contributed by atoms with van der Waals surface area (Å²) in [6, 6.07) is 5.98. The molecule has 0 aliphatic rings. The van der Waals surface area contributed by atoms with Crippen LogP contribution in [-0.4, -0.2) is 19.9 Å². The van der Waals surface area contributed by atoms with Crippen LogP contribution < -0.4 is 5.73 Å². The van der Waals surface area contributed by atoms with Gasteiger partial charge in [-0.2, -0.15) is 0 Å². The van der Waals surface area contributed by atoms with Crippen LogP contribution in [0.15, 0.2) is 30.7 Å². The molecule has 5 heteroatoms. The molecule has 0 spiro atoms. The number of H-pyrrole nitrogens is 1. The summed E-state index contributed by atoms with van der Waals surface area (Å²) < 4.78 is 0. The predicted octanol–water partition coefficient (Wildman–Crippen LogP) is 2.16. The van der Waals surface area contributed by atoms with E-state index in [1.54, 1.807) is 12.5 Å². The molecule has 0 amide bonds. The van der Waals surface area contributed by atoms with Crippen LogP contribution in [0.4, 0.5) is 5.69 Å². The summed E-state index contributed by atoms with van der Waals surface area (Å²) in [6.07, 6.45) is 4.19. The molecular weight excluding hydrogens is 226 g/mol. The molecule has 2 aromatic heterocycles. The van der Waals surface area contributed by atoms with Crippen molar-refractivity contribution < 1.29 is 0 Å². The van der Waals surface area contributed by atoms with Gasteiger partial charge in [-0.3, -0.25) is 0 Å². The Bertz CT molecular complexity index is 701. The average molecular weight is 239 g/mol. The first-order valence-electron chi connectivity index (χ1n) is 5.83. The van der Waals surface area contributed by atoms with E-state index in [1.807, 2.05) is 18.2 Å². The second-order valence-corrected chi connectivity index (χ2v) is 4.06. The van der Waals surface area contributed by atoms with Gasteiger partial charge in [0, 0.05) is 11.3 Å². The Morgan fingerprint density at radius 1 is 1.28 bits per heavy atom. The lowest BCUT2D eigenvalue weighted by Crippen LogP contribution is -1.98. The molecule has 0 bridgehead atoms. The molecule has 3 aromatic rings. The van der Waals surface area contributed by atoms with Crippen molar-refractivity contribution in [1.82, 2.24) is 19.9 Å². The molecule has 2 heterocycles. The van der Waals surface area contributed by atoms with Crippen molar-refractivity contribution in [3.63, 3.8) is 0 Å². The minimum absolute atomic E-state index is 0.615. The SMILES string of the molecule is CCc1cccc(-c2cnc3nc[nH]c3n2)c1N. The molecule has 0 aliphatic carbocycles. The highest BCUT2D eigenvalue weighted by Gasteiger charge is 2.09. The standard InChI is InChI=1S/C13H13N5/c1-2-8-4-3-5-9(11(8)14)10-6-15-12-13(18-10)17-7-16-12/h3-7H,2,14H2,1H3,(H,15,16,17,18). The molecule has 0 saturated carbocycles. The van der Waals surface area contributed by atoms with E-state index in [-0.39, 0.29) is 0 Å². The smallest absolute Gasteiger partial charge is 0.197 e. The summed E-state index contributed by atoms with van der Waals surface area (Å²) in [4.78, 5) is 15.7. The number of hydrogen-bond donors (Lipinski definition) is 2. The number of nitrogen functional groups attached to an aromatic ring is 1. The van der Waals surface area contributed by atoms with Crippen LogP contribution in [-0.2, 0) is 6.42 Å². The Kier molecular flexibility index (Phi) is 2.44. The zero-order chi connectivity index (χ0) is 12.5. The van der Waals surface area contributed by atoms with Crippen LogP contribution in [0.3, 0.4) is 0 Å². The van der Waals surface area contributed by atoms with Gasteiger partial charge in [-0.25, -0.2) is 15.0 Å². The number of anilines is 1. The van der Waals surface area contributed by atoms with Crippen LogP contribution in [0.2, 0.25) is 0 Å². The fraction of sp³-hybridized carbons (Fsp3) is 0.154. The summed E-state index contributed by atoms with van der Waals surface area (Å²) >= 11 is 0. The maximum absolute atomic E-state index is 6.15. The molecule has 0 atom stereocenters. The van der Waals surface area contributed by atoms with Crippen molar-refractivity contribution in [3.05, 3.63) is 36.3 Å². The van der Waals surface area contributed by atoms with Gasteiger partial charge in [0.2, 0.25) is 0 Å². The Balaban J connectivity index is 2.19. The first-order valence-corrected chi connectivity index (χ1v) is 5.83. The molecule has 0 unspecified atom stereocenters. The quantitative estimate of drug-likeness (QED) is 0.671. The summed E-state index contributed by atoms with van der Waals surface area (Å²) in [6.45, 7) is 2.08. The number of aryl methyl sites for hydroxylation is 1. The third-order valence-electron chi connectivity index (χ3n) is 2.99. The van der Waals surface area contributed by atoms with E-state index in [0.717, 1.165) is 28.9 Å². The van der Waals surface area contributed by atoms with Gasteiger partial charge in [-0.1, -0.05) is 25.1 Å². The lowest BCUT2D eigenvalue weighted by Gasteiger charge is -2.08. The molecule has 0 fully saturated rings. The predicted molar refractivity (Wildman–Crippen MR) is 70.9 cm³/mol. The number of hydrogen-bond acceptors (Lipinski definition) is 4. The van der Waals surface area contributed by atoms with Gasteiger partial charge in [0.25, 0.3) is 0 Å². The topological polar surface area (TPSA) is 80.5 Å². The number of para-hydroxylation sites is 1. The summed E-state index contributed by atoms with van der Waals surface area (Å²) in [5, 5.41) is 0. The van der Waals surface area contributed by atoms with E-state index >= 15 is 0 Å². The van der Waals surface area contributed by atoms with Crippen molar-refractivity contribution in [2.24, 2.45) is 0 Å². The van der Waals surface area contributed by atoms with Gasteiger partial charge in [-0.15, -0.1) is 0 Å². The minimum Gasteiger partial charge on any atom is -0.398 e. The van der Waals surface area contributed by atoms with Gasteiger partial charge in [0.15, 0.2) is 11.3 Å². The van der Waals surface area contributed by atoms with Crippen molar-refractivity contribution in [2.75, 3.05) is 5.73 Å². The summed E-state index contributed by atoms with van der Waals surface area (Å²) in [5.74, 6) is 0. The number of nitrogens with one attached hydrogen (secondary N) is 1. The normalized spacial score (nSPS) is 10.9. The minimum atomic E-state index is 0.615. The Morgan fingerprint density at radius 3 is 3.00 bits per heavy atom. The number of aromatic nitrogens is 4. The number of nitrogens with two attached hydrogens (primary N) is 1. The average Bonchev–Trinajstić information content (AvgIpc) is 2.86. The number of fused-ring (bicyclic) bond motifs is 1. The fourth-order valence-electron chi connectivity index (χ4n) is 2.00. The monoisotopic (exact) mass is 239 g/mol. The van der Waals surface area contributed by atoms with E-state index < -0.39 is 0 Å². The molecule has 3 N–H and O–H groups in total. The molecule has 5 nitrogen and oxygen atoms in total. The van der Waals surface area contributed by atoms with E-state index in [0.29, 0.717) is 11.3 Å². The largest absolute Gasteiger partial charge is 0.398 e. The second-order valence-electron chi connectivity index (χ2n) is 4.06. The van der Waals surface area contributed by atoms with Crippen LogP contribution in [0.1, 0.15) is 12.5 Å². The number of benzene rings is 1. The van der Waals surface area contributed by atoms with Crippen LogP contribution in [0, 0.1) is 0 Å². The maximum atomic E-state index is 6.15. The van der Waals surface area contributed by atoms with Crippen molar-refractivity contribution in [3.8, 4) is 11.3 Å². The van der Waals surface area contributed by atoms with Gasteiger partial charge < -0.3 is 10.7 Å². The highest BCUT2D eigenvalue weighted by atomic mass is 15.0. The lowest BCUT2D eigenvalue weighted by atomic mass is 10.0. The Morgan fingerprint density at radius 2 is 2.17 bits per heavy atom. The van der Waals surface area contributed by atoms with E-state index in [2.05, 4.69) is 26.9 Å². The number of imidazole rings is 1. The molecule has 0 saturated heterocycles. The zero-order valence-corrected chi connectivity index (χ0v) is 10.0. The van der Waals surface area contributed by atoms with E-state index in [4.69, 9.17) is 5.73 Å². The third kappa shape index (κ3) is 1.60. The molecule has 0 radical (unpaired) electrons. The first-order chi connectivity index (χ1) is 8.79. The fourth-order valence-corrected chi connectivity index (χ4v) is 2.00. The second kappa shape index (κ2) is 4.10. The van der Waals surface area contributed by atoms with Gasteiger partial charge in [-0.05, 0) is 12.0 Å². The van der Waals surface area contributed by atoms with Crippen LogP contribution in [0.25, 0.3) is 22.6 Å². The van der Waals surface area contributed by atoms with Crippen molar-refractivity contribution >= 4 is 17.0 Å². The molecule has 18 heavy (non-hydrogen) atoms. The highest BCUT2D eigenvalue weighted by Crippen LogP contribution is 2.27. The van der Waals surface area contributed by atoms with Gasteiger partial charge in [0.1, 0.15) is 0 Å². The lowest BCUT2D eigenvalue weighted by molar-refractivity contribution is 1.14. The van der Waals surface area contributed by atoms with E-state index in [9.17, 15) is 0 Å². The zero-order valence-electron chi connectivity index (χ0n) is 10.0. The molecule has 0 aliphatic heterocycles. The molecule has 1 aromatic carbocycles. The Hall–Kier alpha value is -2.43. The Labute approximate surface area is 104 Å². The van der Waals surface area contributed by atoms with Crippen LogP contribution in [0.5, 0.6) is 0 Å². The summed E-state index contributed by atoms with van der Waals surface area (Å²) in [7, 11) is 0. The van der Waals surface area contributed by atoms with Crippen molar-refractivity contribution in [1.29, 1.82) is 0 Å².